The van der Waals surface area contributed by atoms with Crippen molar-refractivity contribution in [2.45, 2.75) is 19.8 Å². The molecule has 20 heavy (non-hydrogen) atoms. The van der Waals surface area contributed by atoms with Crippen LogP contribution in [0.15, 0.2) is 18.2 Å². The van der Waals surface area contributed by atoms with Crippen LogP contribution in [0, 0.1) is 11.2 Å². The molecule has 1 saturated heterocycles. The lowest BCUT2D eigenvalue weighted by Crippen LogP contribution is -2.40. The zero-order valence-electron chi connectivity index (χ0n) is 12.1. The van der Waals surface area contributed by atoms with Gasteiger partial charge in [-0.25, -0.2) is 4.39 Å². The highest BCUT2D eigenvalue weighted by molar-refractivity contribution is 7.80. The molecular formula is C15H22FN3S. The van der Waals surface area contributed by atoms with Crippen molar-refractivity contribution in [2.24, 2.45) is 11.1 Å². The Morgan fingerprint density at radius 3 is 2.70 bits per heavy atom. The Morgan fingerprint density at radius 2 is 2.10 bits per heavy atom. The Balaban J connectivity index is 2.05. The van der Waals surface area contributed by atoms with Gasteiger partial charge in [0.1, 0.15) is 10.8 Å². The van der Waals surface area contributed by atoms with Gasteiger partial charge in [0.15, 0.2) is 0 Å². The summed E-state index contributed by atoms with van der Waals surface area (Å²) in [4.78, 5) is 2.57. The average molecular weight is 295 g/mol. The van der Waals surface area contributed by atoms with Gasteiger partial charge in [-0.15, -0.1) is 0 Å². The number of halogens is 1. The lowest BCUT2D eigenvalue weighted by molar-refractivity contribution is 0.150. The number of anilines is 1. The van der Waals surface area contributed by atoms with E-state index >= 15 is 0 Å². The summed E-state index contributed by atoms with van der Waals surface area (Å²) in [5.41, 5.74) is 7.32. The van der Waals surface area contributed by atoms with Crippen LogP contribution in [0.1, 0.15) is 25.3 Å². The number of hydrogen-bond donors (Lipinski definition) is 2. The topological polar surface area (TPSA) is 41.3 Å². The second-order valence-electron chi connectivity index (χ2n) is 6.02. The van der Waals surface area contributed by atoms with Crippen molar-refractivity contribution >= 4 is 22.9 Å². The number of likely N-dealkylation sites (tertiary alicyclic amines) is 1. The lowest BCUT2D eigenvalue weighted by Gasteiger charge is -2.38. The van der Waals surface area contributed by atoms with Crippen LogP contribution in [0.4, 0.5) is 10.1 Å². The Bertz CT molecular complexity index is 496. The van der Waals surface area contributed by atoms with E-state index < -0.39 is 0 Å². The van der Waals surface area contributed by atoms with E-state index in [0.717, 1.165) is 38.2 Å². The third-order valence-corrected chi connectivity index (χ3v) is 4.37. The van der Waals surface area contributed by atoms with E-state index in [-0.39, 0.29) is 16.2 Å². The van der Waals surface area contributed by atoms with Gasteiger partial charge >= 0.3 is 0 Å². The molecule has 0 unspecified atom stereocenters. The van der Waals surface area contributed by atoms with E-state index in [1.807, 2.05) is 0 Å². The maximum absolute atomic E-state index is 13.3. The largest absolute Gasteiger partial charge is 0.389 e. The predicted octanol–water partition coefficient (Wildman–Crippen LogP) is 2.60. The minimum Gasteiger partial charge on any atom is -0.389 e. The first-order valence-corrected chi connectivity index (χ1v) is 7.32. The minimum absolute atomic E-state index is 0.223. The van der Waals surface area contributed by atoms with Gasteiger partial charge in [-0.3, -0.25) is 0 Å². The van der Waals surface area contributed by atoms with E-state index in [0.29, 0.717) is 5.56 Å². The molecule has 3 nitrogen and oxygen atoms in total. The first kappa shape index (κ1) is 15.2. The first-order chi connectivity index (χ1) is 9.39. The number of hydrogen-bond acceptors (Lipinski definition) is 3. The Hall–Kier alpha value is -1.20. The average Bonchev–Trinajstić information content (AvgIpc) is 2.41. The van der Waals surface area contributed by atoms with Gasteiger partial charge in [-0.1, -0.05) is 19.1 Å². The zero-order valence-corrected chi connectivity index (χ0v) is 12.9. The van der Waals surface area contributed by atoms with E-state index in [1.165, 1.54) is 12.1 Å². The molecule has 3 N–H and O–H groups in total. The van der Waals surface area contributed by atoms with Gasteiger partial charge in [0.05, 0.1) is 0 Å². The van der Waals surface area contributed by atoms with Gasteiger partial charge in [-0.2, -0.15) is 0 Å². The standard InChI is InChI=1S/C15H22FN3S/c1-15(5-7-19(2)8-6-15)10-18-13-4-3-11(16)9-12(13)14(17)20/h3-4,9,18H,5-8,10H2,1-2H3,(H2,17,20). The van der Waals surface area contributed by atoms with Crippen LogP contribution >= 0.6 is 12.2 Å². The van der Waals surface area contributed by atoms with Crippen molar-refractivity contribution in [2.75, 3.05) is 32.0 Å². The number of benzene rings is 1. The molecule has 0 radical (unpaired) electrons. The van der Waals surface area contributed by atoms with Crippen molar-refractivity contribution < 1.29 is 4.39 Å². The Labute approximate surface area is 125 Å². The number of piperidine rings is 1. The molecule has 1 fully saturated rings. The molecule has 0 atom stereocenters. The monoisotopic (exact) mass is 295 g/mol. The molecule has 110 valence electrons. The van der Waals surface area contributed by atoms with Crippen molar-refractivity contribution in [1.82, 2.24) is 4.90 Å². The highest BCUT2D eigenvalue weighted by Crippen LogP contribution is 2.31. The molecule has 0 aliphatic carbocycles. The lowest BCUT2D eigenvalue weighted by atomic mass is 9.80. The summed E-state index contributed by atoms with van der Waals surface area (Å²) in [5, 5.41) is 3.39. The predicted molar refractivity (Wildman–Crippen MR) is 85.6 cm³/mol. The number of thiocarbonyl (C=S) groups is 1. The summed E-state index contributed by atoms with van der Waals surface area (Å²) in [6.45, 7) is 5.37. The van der Waals surface area contributed by atoms with E-state index in [2.05, 4.69) is 24.2 Å². The number of nitrogens with two attached hydrogens (primary N) is 1. The summed E-state index contributed by atoms with van der Waals surface area (Å²) in [6, 6.07) is 4.53. The second-order valence-corrected chi connectivity index (χ2v) is 6.46. The molecular weight excluding hydrogens is 273 g/mol. The van der Waals surface area contributed by atoms with Crippen LogP contribution in [0.25, 0.3) is 0 Å². The zero-order chi connectivity index (χ0) is 14.8. The Morgan fingerprint density at radius 1 is 1.45 bits per heavy atom. The van der Waals surface area contributed by atoms with E-state index in [9.17, 15) is 4.39 Å². The van der Waals surface area contributed by atoms with Gasteiger partial charge in [0.25, 0.3) is 0 Å². The molecule has 1 aromatic carbocycles. The summed E-state index contributed by atoms with van der Waals surface area (Å²) in [7, 11) is 2.15. The molecule has 5 heteroatoms. The van der Waals surface area contributed by atoms with Crippen LogP contribution in [-0.4, -0.2) is 36.6 Å². The molecule has 0 saturated carbocycles. The smallest absolute Gasteiger partial charge is 0.124 e. The number of rotatable bonds is 4. The summed E-state index contributed by atoms with van der Waals surface area (Å²) in [6.07, 6.45) is 2.31. The number of nitrogens with zero attached hydrogens (tertiary/aromatic N) is 1. The summed E-state index contributed by atoms with van der Waals surface area (Å²) in [5.74, 6) is -0.316. The van der Waals surface area contributed by atoms with E-state index in [1.54, 1.807) is 6.07 Å². The molecule has 1 aliphatic heterocycles. The fourth-order valence-electron chi connectivity index (χ4n) is 2.52. The first-order valence-electron chi connectivity index (χ1n) is 6.91. The number of nitrogens with one attached hydrogen (secondary N) is 1. The van der Waals surface area contributed by atoms with E-state index in [4.69, 9.17) is 18.0 Å². The highest BCUT2D eigenvalue weighted by Gasteiger charge is 2.28. The van der Waals surface area contributed by atoms with Crippen molar-refractivity contribution in [3.05, 3.63) is 29.6 Å². The maximum atomic E-state index is 13.3. The van der Waals surface area contributed by atoms with Crippen molar-refractivity contribution in [1.29, 1.82) is 0 Å². The molecule has 0 spiro atoms. The Kier molecular flexibility index (Phi) is 4.60. The van der Waals surface area contributed by atoms with Gasteiger partial charge in [0.2, 0.25) is 0 Å². The molecule has 1 aliphatic rings. The van der Waals surface area contributed by atoms with Crippen LogP contribution < -0.4 is 11.1 Å². The SMILES string of the molecule is CN1CCC(C)(CNc2ccc(F)cc2C(N)=S)CC1. The minimum atomic E-state index is -0.316. The molecule has 0 bridgehead atoms. The van der Waals surface area contributed by atoms with Crippen LogP contribution in [0.2, 0.25) is 0 Å². The van der Waals surface area contributed by atoms with Crippen molar-refractivity contribution in [3.8, 4) is 0 Å². The van der Waals surface area contributed by atoms with Crippen molar-refractivity contribution in [3.63, 3.8) is 0 Å². The fraction of sp³-hybridized carbons (Fsp3) is 0.533. The molecule has 0 amide bonds. The molecule has 2 rings (SSSR count). The summed E-state index contributed by atoms with van der Waals surface area (Å²) >= 11 is 4.99. The summed E-state index contributed by atoms with van der Waals surface area (Å²) < 4.78 is 13.3. The normalized spacial score (nSPS) is 18.8. The highest BCUT2D eigenvalue weighted by atomic mass is 32.1. The van der Waals surface area contributed by atoms with Gasteiger partial charge in [-0.05, 0) is 56.6 Å². The van der Waals surface area contributed by atoms with Crippen LogP contribution in [-0.2, 0) is 0 Å². The third kappa shape index (κ3) is 3.67. The van der Waals surface area contributed by atoms with Gasteiger partial charge < -0.3 is 16.0 Å². The van der Waals surface area contributed by atoms with Crippen LogP contribution in [0.3, 0.4) is 0 Å². The maximum Gasteiger partial charge on any atom is 0.124 e. The second kappa shape index (κ2) is 6.06. The molecule has 1 heterocycles. The quantitative estimate of drug-likeness (QED) is 0.838. The molecule has 0 aromatic heterocycles. The van der Waals surface area contributed by atoms with Crippen LogP contribution in [0.5, 0.6) is 0 Å². The van der Waals surface area contributed by atoms with Gasteiger partial charge in [0, 0.05) is 17.8 Å². The third-order valence-electron chi connectivity index (χ3n) is 4.15. The fourth-order valence-corrected chi connectivity index (χ4v) is 2.69. The molecule has 1 aromatic rings.